The molecule has 0 saturated carbocycles. The second-order valence-corrected chi connectivity index (χ2v) is 6.07. The number of hydrogen-bond donors (Lipinski definition) is 0. The van der Waals surface area contributed by atoms with Gasteiger partial charge in [-0.1, -0.05) is 24.6 Å². The minimum atomic E-state index is -0.297. The molecule has 0 atom stereocenters. The number of carbonyl (C=O) groups is 1. The Labute approximate surface area is 132 Å². The predicted octanol–water partition coefficient (Wildman–Crippen LogP) is 3.68. The van der Waals surface area contributed by atoms with E-state index in [1.807, 2.05) is 6.92 Å². The fourth-order valence-electron chi connectivity index (χ4n) is 1.97. The van der Waals surface area contributed by atoms with Gasteiger partial charge in [0.1, 0.15) is 11.6 Å². The highest BCUT2D eigenvalue weighted by Gasteiger charge is 2.16. The zero-order valence-corrected chi connectivity index (χ0v) is 13.5. The number of carbonyl (C=O) groups excluding carboxylic acids is 1. The molecule has 3 nitrogen and oxygen atoms in total. The second kappa shape index (κ2) is 7.09. The third kappa shape index (κ3) is 4.08. The summed E-state index contributed by atoms with van der Waals surface area (Å²) in [6.07, 6.45) is 0.976. The first-order chi connectivity index (χ1) is 10.0. The number of thioether (sulfide) groups is 1. The van der Waals surface area contributed by atoms with Crippen molar-refractivity contribution in [3.8, 4) is 0 Å². The highest BCUT2D eigenvalue weighted by atomic mass is 35.5. The van der Waals surface area contributed by atoms with Gasteiger partial charge in [0, 0.05) is 11.9 Å². The predicted molar refractivity (Wildman–Crippen MR) is 83.4 cm³/mol. The van der Waals surface area contributed by atoms with Crippen LogP contribution in [0.3, 0.4) is 0 Å². The molecule has 0 spiro atoms. The first-order valence-electron chi connectivity index (χ1n) is 6.61. The Bertz CT molecular complexity index is 657. The van der Waals surface area contributed by atoms with Crippen molar-refractivity contribution >= 4 is 29.1 Å². The summed E-state index contributed by atoms with van der Waals surface area (Å²) in [6, 6.07) is 6.22. The number of nitrogens with zero attached hydrogens (tertiary/aromatic N) is 2. The van der Waals surface area contributed by atoms with E-state index >= 15 is 0 Å². The van der Waals surface area contributed by atoms with Crippen LogP contribution in [-0.2, 0) is 24.7 Å². The summed E-state index contributed by atoms with van der Waals surface area (Å²) in [5, 5.41) is 4.86. The van der Waals surface area contributed by atoms with Gasteiger partial charge >= 0.3 is 0 Å². The molecule has 1 aromatic heterocycles. The number of benzene rings is 1. The van der Waals surface area contributed by atoms with E-state index in [-0.39, 0.29) is 23.8 Å². The molecule has 0 aliphatic rings. The topological polar surface area (TPSA) is 34.9 Å². The van der Waals surface area contributed by atoms with Crippen LogP contribution in [0, 0.1) is 5.82 Å². The molecular weight excluding hydrogens is 311 g/mol. The van der Waals surface area contributed by atoms with Gasteiger partial charge in [-0.05, 0) is 24.6 Å². The van der Waals surface area contributed by atoms with E-state index in [4.69, 9.17) is 11.6 Å². The van der Waals surface area contributed by atoms with Crippen molar-refractivity contribution < 1.29 is 9.18 Å². The number of rotatable bonds is 6. The molecule has 0 fully saturated rings. The lowest BCUT2D eigenvalue weighted by Crippen LogP contribution is -2.10. The normalized spacial score (nSPS) is 10.9. The SMILES string of the molecule is CCc1nn(C)c(CC(=O)CSc2cccc(F)c2)c1Cl. The van der Waals surface area contributed by atoms with Crippen LogP contribution in [0.15, 0.2) is 29.2 Å². The van der Waals surface area contributed by atoms with Gasteiger partial charge in [0.25, 0.3) is 0 Å². The third-order valence-corrected chi connectivity index (χ3v) is 4.55. The summed E-state index contributed by atoms with van der Waals surface area (Å²) >= 11 is 7.54. The van der Waals surface area contributed by atoms with Gasteiger partial charge in [0.2, 0.25) is 0 Å². The quantitative estimate of drug-likeness (QED) is 0.760. The fourth-order valence-corrected chi connectivity index (χ4v) is 3.13. The Morgan fingerprint density at radius 2 is 2.24 bits per heavy atom. The van der Waals surface area contributed by atoms with Crippen molar-refractivity contribution in [2.45, 2.75) is 24.7 Å². The molecule has 112 valence electrons. The van der Waals surface area contributed by atoms with Crippen molar-refractivity contribution in [2.75, 3.05) is 5.75 Å². The first kappa shape index (κ1) is 16.0. The number of Topliss-reactive ketones (excluding diaryl/α,β-unsaturated/α-hetero) is 1. The average molecular weight is 327 g/mol. The minimum Gasteiger partial charge on any atom is -0.298 e. The Morgan fingerprint density at radius 1 is 1.48 bits per heavy atom. The third-order valence-electron chi connectivity index (χ3n) is 3.06. The lowest BCUT2D eigenvalue weighted by atomic mass is 10.2. The molecule has 1 aromatic carbocycles. The van der Waals surface area contributed by atoms with E-state index in [9.17, 15) is 9.18 Å². The Hall–Kier alpha value is -1.33. The van der Waals surface area contributed by atoms with Crippen molar-refractivity contribution in [2.24, 2.45) is 7.05 Å². The van der Waals surface area contributed by atoms with E-state index in [1.54, 1.807) is 23.9 Å². The van der Waals surface area contributed by atoms with Crippen LogP contribution in [0.5, 0.6) is 0 Å². The summed E-state index contributed by atoms with van der Waals surface area (Å²) in [7, 11) is 1.79. The largest absolute Gasteiger partial charge is 0.298 e. The standard InChI is InChI=1S/C15H16ClFN2OS/c1-3-13-15(16)14(19(2)18-13)8-11(20)9-21-12-6-4-5-10(17)7-12/h4-7H,3,8-9H2,1-2H3. The summed E-state index contributed by atoms with van der Waals surface area (Å²) in [6.45, 7) is 1.97. The van der Waals surface area contributed by atoms with E-state index < -0.39 is 0 Å². The molecule has 0 bridgehead atoms. The molecule has 0 unspecified atom stereocenters. The molecule has 2 aromatic rings. The second-order valence-electron chi connectivity index (χ2n) is 4.65. The number of aromatic nitrogens is 2. The lowest BCUT2D eigenvalue weighted by Gasteiger charge is -2.03. The Kier molecular flexibility index (Phi) is 5.42. The van der Waals surface area contributed by atoms with Crippen molar-refractivity contribution in [1.82, 2.24) is 9.78 Å². The van der Waals surface area contributed by atoms with Crippen LogP contribution in [0.1, 0.15) is 18.3 Å². The van der Waals surface area contributed by atoms with Crippen LogP contribution in [0.2, 0.25) is 5.02 Å². The fraction of sp³-hybridized carbons (Fsp3) is 0.333. The number of hydrogen-bond acceptors (Lipinski definition) is 3. The molecule has 0 aliphatic carbocycles. The Morgan fingerprint density at radius 3 is 2.86 bits per heavy atom. The van der Waals surface area contributed by atoms with Gasteiger partial charge in [-0.15, -0.1) is 11.8 Å². The molecule has 21 heavy (non-hydrogen) atoms. The maximum absolute atomic E-state index is 13.1. The van der Waals surface area contributed by atoms with E-state index in [1.165, 1.54) is 23.9 Å². The van der Waals surface area contributed by atoms with Gasteiger partial charge in [-0.3, -0.25) is 9.48 Å². The number of aryl methyl sites for hydroxylation is 2. The molecule has 6 heteroatoms. The van der Waals surface area contributed by atoms with Crippen molar-refractivity contribution in [1.29, 1.82) is 0 Å². The summed E-state index contributed by atoms with van der Waals surface area (Å²) in [4.78, 5) is 12.8. The summed E-state index contributed by atoms with van der Waals surface area (Å²) < 4.78 is 14.7. The van der Waals surface area contributed by atoms with E-state index in [0.29, 0.717) is 5.02 Å². The van der Waals surface area contributed by atoms with Crippen LogP contribution in [-0.4, -0.2) is 21.3 Å². The lowest BCUT2D eigenvalue weighted by molar-refractivity contribution is -0.116. The molecule has 0 aliphatic heterocycles. The van der Waals surface area contributed by atoms with E-state index in [0.717, 1.165) is 22.7 Å². The zero-order chi connectivity index (χ0) is 15.4. The molecule has 2 rings (SSSR count). The van der Waals surface area contributed by atoms with Crippen LogP contribution in [0.4, 0.5) is 4.39 Å². The monoisotopic (exact) mass is 326 g/mol. The maximum atomic E-state index is 13.1. The average Bonchev–Trinajstić information content (AvgIpc) is 2.72. The molecular formula is C15H16ClFN2OS. The van der Waals surface area contributed by atoms with Gasteiger partial charge in [0.05, 0.1) is 28.6 Å². The molecule has 0 radical (unpaired) electrons. The van der Waals surface area contributed by atoms with Gasteiger partial charge in [0.15, 0.2) is 0 Å². The highest BCUT2D eigenvalue weighted by molar-refractivity contribution is 8.00. The number of ketones is 1. The van der Waals surface area contributed by atoms with Crippen LogP contribution in [0.25, 0.3) is 0 Å². The molecule has 0 saturated heterocycles. The summed E-state index contributed by atoms with van der Waals surface area (Å²) in [5.41, 5.74) is 1.54. The molecule has 1 heterocycles. The molecule has 0 amide bonds. The van der Waals surface area contributed by atoms with E-state index in [2.05, 4.69) is 5.10 Å². The van der Waals surface area contributed by atoms with Crippen LogP contribution >= 0.6 is 23.4 Å². The van der Waals surface area contributed by atoms with Gasteiger partial charge < -0.3 is 0 Å². The molecule has 0 N–H and O–H groups in total. The minimum absolute atomic E-state index is 0.0387. The van der Waals surface area contributed by atoms with Crippen LogP contribution < -0.4 is 0 Å². The highest BCUT2D eigenvalue weighted by Crippen LogP contribution is 2.23. The van der Waals surface area contributed by atoms with Gasteiger partial charge in [-0.25, -0.2) is 4.39 Å². The van der Waals surface area contributed by atoms with Gasteiger partial charge in [-0.2, -0.15) is 5.10 Å². The zero-order valence-electron chi connectivity index (χ0n) is 11.9. The van der Waals surface area contributed by atoms with Crippen molar-refractivity contribution in [3.63, 3.8) is 0 Å². The van der Waals surface area contributed by atoms with Crippen molar-refractivity contribution in [3.05, 3.63) is 46.5 Å². The number of halogens is 2. The Balaban J connectivity index is 1.98. The smallest absolute Gasteiger partial charge is 0.149 e. The maximum Gasteiger partial charge on any atom is 0.149 e. The first-order valence-corrected chi connectivity index (χ1v) is 7.98. The summed E-state index contributed by atoms with van der Waals surface area (Å²) in [5.74, 6) is 0.0263.